The maximum atomic E-state index is 13.0. The number of nitrogens with zero attached hydrogens (tertiary/aromatic N) is 4. The number of hydrogen-bond acceptors (Lipinski definition) is 16. The lowest BCUT2D eigenvalue weighted by molar-refractivity contribution is -0.152. The first-order valence-electron chi connectivity index (χ1n) is 17.8. The van der Waals surface area contributed by atoms with Gasteiger partial charge in [0.25, 0.3) is 14.1 Å². The van der Waals surface area contributed by atoms with Gasteiger partial charge in [0.05, 0.1) is 39.4 Å². The number of H-pyrrole nitrogens is 1. The molecule has 0 aromatic carbocycles. The first-order valence-corrected chi connectivity index (χ1v) is 18.9. The van der Waals surface area contributed by atoms with E-state index >= 15 is 0 Å². The highest BCUT2D eigenvalue weighted by atomic mass is 31.2. The molecule has 1 unspecified atom stereocenters. The molecule has 312 valence electrons. The lowest BCUT2D eigenvalue weighted by Gasteiger charge is -2.37. The molecule has 4 atom stereocenters. The van der Waals surface area contributed by atoms with E-state index in [1.165, 1.54) is 17.7 Å². The van der Waals surface area contributed by atoms with Gasteiger partial charge >= 0.3 is 41.3 Å². The van der Waals surface area contributed by atoms with Gasteiger partial charge in [-0.1, -0.05) is 0 Å². The van der Waals surface area contributed by atoms with Crippen LogP contribution in [0.1, 0.15) is 52.3 Å². The number of esters is 2. The molecule has 2 heterocycles. The number of carbonyl (C=O) groups excluding carboxylic acids is 6. The van der Waals surface area contributed by atoms with Crippen molar-refractivity contribution in [2.75, 3.05) is 66.6 Å². The Morgan fingerprint density at radius 2 is 1.43 bits per heavy atom. The highest BCUT2D eigenvalue weighted by Gasteiger charge is 2.42. The topological polar surface area (TPSA) is 282 Å². The third kappa shape index (κ3) is 15.0. The first kappa shape index (κ1) is 47.4. The number of ether oxygens (including phenoxy) is 3. The zero-order valence-corrected chi connectivity index (χ0v) is 33.5. The molecular weight excluding hydrogens is 761 g/mol. The number of aryl methyl sites for hydroxylation is 1. The summed E-state index contributed by atoms with van der Waals surface area (Å²) in [5.41, 5.74) is -0.996. The highest BCUT2D eigenvalue weighted by molar-refractivity contribution is 7.44. The van der Waals surface area contributed by atoms with Crippen molar-refractivity contribution in [2.45, 2.75) is 78.0 Å². The summed E-state index contributed by atoms with van der Waals surface area (Å²) in [4.78, 5) is 101. The Morgan fingerprint density at radius 1 is 0.911 bits per heavy atom. The quantitative estimate of drug-likeness (QED) is 0.0408. The number of nitrogens with one attached hydrogen (secondary N) is 5. The van der Waals surface area contributed by atoms with E-state index in [1.54, 1.807) is 4.90 Å². The van der Waals surface area contributed by atoms with Crippen LogP contribution in [0.25, 0.3) is 0 Å². The fourth-order valence-corrected chi connectivity index (χ4v) is 7.14. The van der Waals surface area contributed by atoms with Crippen LogP contribution in [0.4, 0.5) is 0 Å². The lowest BCUT2D eigenvalue weighted by atomic mass is 10.2. The number of nitriles is 1. The molecule has 1 fully saturated rings. The van der Waals surface area contributed by atoms with Gasteiger partial charge in [-0.25, -0.2) is 19.1 Å². The maximum absolute atomic E-state index is 13.0. The number of hydrogen-bond donors (Lipinski definition) is 5. The summed E-state index contributed by atoms with van der Waals surface area (Å²) in [5.74, 6) is -6.11. The van der Waals surface area contributed by atoms with E-state index in [9.17, 15) is 38.4 Å². The van der Waals surface area contributed by atoms with Gasteiger partial charge in [0.1, 0.15) is 12.3 Å². The summed E-state index contributed by atoms with van der Waals surface area (Å²) in [6.45, 7) is 9.58. The smallest absolute Gasteiger partial charge is 0.396 e. The van der Waals surface area contributed by atoms with Crippen LogP contribution in [-0.2, 0) is 52.0 Å². The molecule has 0 radical (unpaired) electrons. The summed E-state index contributed by atoms with van der Waals surface area (Å²) in [6.07, 6.45) is -0.991. The predicted molar refractivity (Wildman–Crippen MR) is 197 cm³/mol. The van der Waals surface area contributed by atoms with E-state index in [0.717, 1.165) is 14.2 Å². The molecule has 1 aromatic heterocycles. The van der Waals surface area contributed by atoms with Gasteiger partial charge in [-0.2, -0.15) is 5.26 Å². The van der Waals surface area contributed by atoms with Gasteiger partial charge < -0.3 is 44.5 Å². The second-order valence-corrected chi connectivity index (χ2v) is 14.2. The average Bonchev–Trinajstić information content (AvgIpc) is 3.55. The molecule has 56 heavy (non-hydrogen) atoms. The summed E-state index contributed by atoms with van der Waals surface area (Å²) in [7, 11) is 0.339. The number of aromatic nitrogens is 2. The first-order chi connectivity index (χ1) is 26.5. The van der Waals surface area contributed by atoms with Crippen molar-refractivity contribution in [3.05, 3.63) is 32.6 Å². The number of aromatic amines is 1. The van der Waals surface area contributed by atoms with Gasteiger partial charge in [0.2, 0.25) is 0 Å². The highest BCUT2D eigenvalue weighted by Crippen LogP contribution is 2.49. The third-order valence-electron chi connectivity index (χ3n) is 8.08. The van der Waals surface area contributed by atoms with Crippen LogP contribution in [0, 0.1) is 18.3 Å². The van der Waals surface area contributed by atoms with Crippen molar-refractivity contribution in [3.8, 4) is 6.07 Å². The predicted octanol–water partition coefficient (Wildman–Crippen LogP) is -2.09. The molecule has 22 nitrogen and oxygen atoms in total. The summed E-state index contributed by atoms with van der Waals surface area (Å²) in [6, 6.07) is 1.99. The van der Waals surface area contributed by atoms with E-state index in [2.05, 4.69) is 35.7 Å². The fourth-order valence-electron chi connectivity index (χ4n) is 5.38. The molecule has 0 aliphatic carbocycles. The maximum Gasteiger partial charge on any atom is 0.396 e. The lowest BCUT2D eigenvalue weighted by Crippen LogP contribution is -2.48. The normalized spacial score (nSPS) is 17.0. The van der Waals surface area contributed by atoms with Crippen molar-refractivity contribution in [3.63, 3.8) is 0 Å². The molecule has 1 aromatic rings. The van der Waals surface area contributed by atoms with Crippen LogP contribution in [0.15, 0.2) is 15.8 Å². The van der Waals surface area contributed by atoms with Gasteiger partial charge in [-0.05, 0) is 34.6 Å². The molecular formula is C33H52N9O13P. The third-order valence-corrected chi connectivity index (χ3v) is 10.2. The van der Waals surface area contributed by atoms with Gasteiger partial charge in [-0.15, -0.1) is 0 Å². The van der Waals surface area contributed by atoms with E-state index in [0.29, 0.717) is 0 Å². The molecule has 0 bridgehead atoms. The molecule has 23 heteroatoms. The number of carbonyl (C=O) groups is 6. The minimum atomic E-state index is -1.77. The monoisotopic (exact) mass is 813 g/mol. The standard InChI is InChI=1S/C33H52N9O13P/c1-20(2)42(21(3)4)56(53-16-8-9-34)55-23-17-25(41-19-22(5)26(43)39-33(41)50)54-24(23)18-38-28(45)27(44)35-10-13-40(14-11-36-29(46)31(48)51-6)15-12-37-30(47)32(49)52-7/h19-21,23-25H,8,10-18H2,1-7H3,(H,35,44)(H,36,46)(H,37,47)(H,38,45)(H,39,43,50)/t23-,24-,25-,56?/m1/s1. The molecule has 5 N–H and O–H groups in total. The van der Waals surface area contributed by atoms with Crippen molar-refractivity contribution < 1.29 is 52.0 Å². The van der Waals surface area contributed by atoms with E-state index < -0.39 is 73.8 Å². The molecule has 1 aliphatic heterocycles. The van der Waals surface area contributed by atoms with E-state index in [4.69, 9.17) is 19.0 Å². The molecule has 2 rings (SSSR count). The molecule has 0 spiro atoms. The van der Waals surface area contributed by atoms with Gasteiger partial charge in [0.15, 0.2) is 0 Å². The van der Waals surface area contributed by atoms with Crippen molar-refractivity contribution >= 4 is 44.1 Å². The Labute approximate surface area is 324 Å². The second kappa shape index (κ2) is 24.0. The minimum absolute atomic E-state index is 0.0126. The van der Waals surface area contributed by atoms with Crippen molar-refractivity contribution in [2.24, 2.45) is 0 Å². The largest absolute Gasteiger partial charge is 0.462 e. The minimum Gasteiger partial charge on any atom is -0.462 e. The Kier molecular flexibility index (Phi) is 20.3. The summed E-state index contributed by atoms with van der Waals surface area (Å²) >= 11 is 0. The van der Waals surface area contributed by atoms with Gasteiger partial charge in [-0.3, -0.25) is 38.4 Å². The van der Waals surface area contributed by atoms with Crippen LogP contribution in [0.5, 0.6) is 0 Å². The van der Waals surface area contributed by atoms with Crippen molar-refractivity contribution in [1.29, 1.82) is 5.26 Å². The van der Waals surface area contributed by atoms with Crippen LogP contribution in [-0.4, -0.2) is 146 Å². The fraction of sp³-hybridized carbons (Fsp3) is 0.667. The zero-order valence-electron chi connectivity index (χ0n) is 32.6. The Morgan fingerprint density at radius 3 is 1.93 bits per heavy atom. The summed E-state index contributed by atoms with van der Waals surface area (Å²) < 4.78 is 30.7. The second-order valence-electron chi connectivity index (χ2n) is 12.8. The number of methoxy groups -OCH3 is 2. The summed E-state index contributed by atoms with van der Waals surface area (Å²) in [5, 5.41) is 18.9. The van der Waals surface area contributed by atoms with Crippen LogP contribution < -0.4 is 32.5 Å². The van der Waals surface area contributed by atoms with Crippen LogP contribution >= 0.6 is 8.53 Å². The van der Waals surface area contributed by atoms with Crippen LogP contribution in [0.2, 0.25) is 0 Å². The zero-order chi connectivity index (χ0) is 41.9. The van der Waals surface area contributed by atoms with Crippen molar-refractivity contribution in [1.82, 2.24) is 40.4 Å². The van der Waals surface area contributed by atoms with E-state index in [1.807, 2.05) is 38.4 Å². The van der Waals surface area contributed by atoms with Gasteiger partial charge in [0, 0.05) is 76.1 Å². The Balaban J connectivity index is 2.14. The Hall–Kier alpha value is -4.78. The number of rotatable bonds is 20. The molecule has 1 aliphatic rings. The molecule has 1 saturated heterocycles. The van der Waals surface area contributed by atoms with Crippen LogP contribution in [0.3, 0.4) is 0 Å². The molecule has 4 amide bonds. The molecule has 0 saturated carbocycles. The number of amides is 4. The average molecular weight is 814 g/mol. The van der Waals surface area contributed by atoms with E-state index in [-0.39, 0.29) is 82.9 Å². The Bertz CT molecular complexity index is 1640. The SMILES string of the molecule is COC(=O)C(=O)NCCN(CCNC(=O)C(=O)NC[C@H]1O[C@@H](n2cc(C)c(=O)[nH]c2=O)C[C@H]1OP(OCCC#N)N(C(C)C)C(C)C)CCNC(=O)C(=O)OC.